The number of aromatic amines is 1. The quantitative estimate of drug-likeness (QED) is 0.678. The first-order valence-electron chi connectivity index (χ1n) is 7.21. The van der Waals surface area contributed by atoms with Crippen LogP contribution in [-0.2, 0) is 11.2 Å². The summed E-state index contributed by atoms with van der Waals surface area (Å²) in [5.74, 6) is 1.04. The molecule has 2 aromatic rings. The van der Waals surface area contributed by atoms with Crippen LogP contribution in [0, 0.1) is 0 Å². The molecule has 0 aliphatic heterocycles. The molecule has 0 atom stereocenters. The number of nitrogen functional groups attached to an aromatic ring is 1. The molecule has 1 heterocycles. The van der Waals surface area contributed by atoms with E-state index in [2.05, 4.69) is 58.6 Å². The van der Waals surface area contributed by atoms with Crippen LogP contribution in [0.3, 0.4) is 0 Å². The Morgan fingerprint density at radius 1 is 1.36 bits per heavy atom. The summed E-state index contributed by atoms with van der Waals surface area (Å²) in [6, 6.07) is 8.52. The van der Waals surface area contributed by atoms with Gasteiger partial charge in [-0.1, -0.05) is 49.9 Å². The van der Waals surface area contributed by atoms with Crippen LogP contribution in [0.5, 0.6) is 0 Å². The Hall–Kier alpha value is -2.02. The lowest BCUT2D eigenvalue weighted by atomic mass is 10.0. The van der Waals surface area contributed by atoms with Crippen molar-refractivity contribution < 1.29 is 4.79 Å². The predicted octanol–water partition coefficient (Wildman–Crippen LogP) is 1.96. The molecule has 1 aromatic heterocycles. The van der Waals surface area contributed by atoms with Crippen LogP contribution < -0.4 is 11.1 Å². The van der Waals surface area contributed by atoms with Gasteiger partial charge >= 0.3 is 0 Å². The van der Waals surface area contributed by atoms with Gasteiger partial charge in [-0.15, -0.1) is 5.10 Å². The molecule has 2 rings (SSSR count). The highest BCUT2D eigenvalue weighted by Gasteiger charge is 2.06. The Morgan fingerprint density at radius 3 is 2.68 bits per heavy atom. The van der Waals surface area contributed by atoms with E-state index >= 15 is 0 Å². The zero-order valence-corrected chi connectivity index (χ0v) is 13.6. The van der Waals surface area contributed by atoms with Gasteiger partial charge in [0.25, 0.3) is 0 Å². The molecule has 4 N–H and O–H groups in total. The molecule has 6 nitrogen and oxygen atoms in total. The molecule has 118 valence electrons. The number of nitrogens with zero attached hydrogens (tertiary/aromatic N) is 2. The van der Waals surface area contributed by atoms with Gasteiger partial charge in [0.15, 0.2) is 0 Å². The van der Waals surface area contributed by atoms with Gasteiger partial charge in [0.1, 0.15) is 0 Å². The average molecular weight is 319 g/mol. The zero-order chi connectivity index (χ0) is 15.9. The standard InChI is InChI=1S/C15H21N5OS/c1-10(2)12-5-3-11(4-6-12)7-8-17-13(21)9-22-15-18-14(16)19-20-15/h3-6,10H,7-9H2,1-2H3,(H,17,21)(H3,16,18,19,20). The molecule has 0 fully saturated rings. The lowest BCUT2D eigenvalue weighted by Gasteiger charge is -2.07. The molecule has 1 amide bonds. The monoisotopic (exact) mass is 319 g/mol. The third-order valence-corrected chi connectivity index (χ3v) is 4.04. The summed E-state index contributed by atoms with van der Waals surface area (Å²) in [4.78, 5) is 15.7. The second-order valence-corrected chi connectivity index (χ2v) is 6.23. The zero-order valence-electron chi connectivity index (χ0n) is 12.8. The first-order chi connectivity index (χ1) is 10.5. The van der Waals surface area contributed by atoms with Gasteiger partial charge in [-0.3, -0.25) is 4.79 Å². The number of benzene rings is 1. The van der Waals surface area contributed by atoms with Crippen LogP contribution in [0.15, 0.2) is 29.4 Å². The highest BCUT2D eigenvalue weighted by atomic mass is 32.2. The summed E-state index contributed by atoms with van der Waals surface area (Å²) in [6.07, 6.45) is 0.822. The summed E-state index contributed by atoms with van der Waals surface area (Å²) < 4.78 is 0. The number of amides is 1. The van der Waals surface area contributed by atoms with Crippen LogP contribution in [0.2, 0.25) is 0 Å². The summed E-state index contributed by atoms with van der Waals surface area (Å²) in [6.45, 7) is 4.97. The Bertz CT molecular complexity index is 609. The number of carbonyl (C=O) groups is 1. The lowest BCUT2D eigenvalue weighted by Crippen LogP contribution is -2.27. The van der Waals surface area contributed by atoms with E-state index in [1.54, 1.807) is 0 Å². The number of anilines is 1. The molecule has 0 aliphatic rings. The van der Waals surface area contributed by atoms with Gasteiger partial charge in [-0.05, 0) is 23.5 Å². The molecule has 1 aromatic carbocycles. The molecular formula is C15H21N5OS. The SMILES string of the molecule is CC(C)c1ccc(CCNC(=O)CSc2n[nH]c(N)n2)cc1. The second kappa shape index (κ2) is 7.84. The third kappa shape index (κ3) is 5.07. The Balaban J connectivity index is 1.68. The fourth-order valence-electron chi connectivity index (χ4n) is 1.92. The number of hydrogen-bond acceptors (Lipinski definition) is 5. The topological polar surface area (TPSA) is 96.7 Å². The number of H-pyrrole nitrogens is 1. The molecule has 0 spiro atoms. The Kier molecular flexibility index (Phi) is 5.83. The number of nitrogens with one attached hydrogen (secondary N) is 2. The van der Waals surface area contributed by atoms with E-state index in [0.717, 1.165) is 6.42 Å². The molecular weight excluding hydrogens is 298 g/mol. The highest BCUT2D eigenvalue weighted by Crippen LogP contribution is 2.15. The first kappa shape index (κ1) is 16.4. The molecule has 0 aliphatic carbocycles. The number of hydrogen-bond donors (Lipinski definition) is 3. The van der Waals surface area contributed by atoms with Crippen LogP contribution in [-0.4, -0.2) is 33.4 Å². The van der Waals surface area contributed by atoms with E-state index in [-0.39, 0.29) is 17.6 Å². The van der Waals surface area contributed by atoms with E-state index in [1.165, 1.54) is 22.9 Å². The molecule has 0 bridgehead atoms. The van der Waals surface area contributed by atoms with Gasteiger partial charge in [0.05, 0.1) is 5.75 Å². The minimum Gasteiger partial charge on any atom is -0.368 e. The van der Waals surface area contributed by atoms with E-state index in [0.29, 0.717) is 17.6 Å². The van der Waals surface area contributed by atoms with Gasteiger partial charge in [0.2, 0.25) is 17.0 Å². The fourth-order valence-corrected chi connectivity index (χ4v) is 2.55. The summed E-state index contributed by atoms with van der Waals surface area (Å²) >= 11 is 1.26. The van der Waals surface area contributed by atoms with Crippen LogP contribution in [0.1, 0.15) is 30.9 Å². The highest BCUT2D eigenvalue weighted by molar-refractivity contribution is 7.99. The summed E-state index contributed by atoms with van der Waals surface area (Å²) in [7, 11) is 0. The maximum Gasteiger partial charge on any atom is 0.230 e. The van der Waals surface area contributed by atoms with Crippen molar-refractivity contribution in [3.8, 4) is 0 Å². The first-order valence-corrected chi connectivity index (χ1v) is 8.19. The number of thioether (sulfide) groups is 1. The number of nitrogens with two attached hydrogens (primary N) is 1. The summed E-state index contributed by atoms with van der Waals surface area (Å²) in [5, 5.41) is 9.77. The number of rotatable bonds is 7. The normalized spacial score (nSPS) is 10.9. The molecule has 0 radical (unpaired) electrons. The van der Waals surface area contributed by atoms with Crippen molar-refractivity contribution in [2.75, 3.05) is 18.0 Å². The third-order valence-electron chi connectivity index (χ3n) is 3.20. The van der Waals surface area contributed by atoms with Crippen molar-refractivity contribution in [2.45, 2.75) is 31.3 Å². The maximum atomic E-state index is 11.7. The minimum atomic E-state index is -0.0350. The number of aromatic nitrogens is 3. The van der Waals surface area contributed by atoms with E-state index in [9.17, 15) is 4.79 Å². The van der Waals surface area contributed by atoms with Gasteiger partial charge in [0, 0.05) is 6.54 Å². The van der Waals surface area contributed by atoms with Crippen molar-refractivity contribution in [3.63, 3.8) is 0 Å². The van der Waals surface area contributed by atoms with E-state index in [1.807, 2.05) is 0 Å². The second-order valence-electron chi connectivity index (χ2n) is 5.29. The van der Waals surface area contributed by atoms with Crippen molar-refractivity contribution in [1.29, 1.82) is 0 Å². The van der Waals surface area contributed by atoms with Crippen molar-refractivity contribution >= 4 is 23.6 Å². The Morgan fingerprint density at radius 2 is 2.09 bits per heavy atom. The molecule has 0 saturated heterocycles. The van der Waals surface area contributed by atoms with E-state index < -0.39 is 0 Å². The smallest absolute Gasteiger partial charge is 0.230 e. The largest absolute Gasteiger partial charge is 0.368 e. The van der Waals surface area contributed by atoms with Crippen molar-refractivity contribution in [2.24, 2.45) is 0 Å². The molecule has 0 unspecified atom stereocenters. The minimum absolute atomic E-state index is 0.0350. The van der Waals surface area contributed by atoms with Crippen molar-refractivity contribution in [1.82, 2.24) is 20.5 Å². The molecule has 22 heavy (non-hydrogen) atoms. The fraction of sp³-hybridized carbons (Fsp3) is 0.400. The van der Waals surface area contributed by atoms with Gasteiger partial charge in [-0.2, -0.15) is 4.98 Å². The summed E-state index contributed by atoms with van der Waals surface area (Å²) in [5.41, 5.74) is 7.97. The van der Waals surface area contributed by atoms with Crippen LogP contribution >= 0.6 is 11.8 Å². The molecule has 7 heteroatoms. The maximum absolute atomic E-state index is 11.7. The average Bonchev–Trinajstić information content (AvgIpc) is 2.91. The van der Waals surface area contributed by atoms with E-state index in [4.69, 9.17) is 5.73 Å². The van der Waals surface area contributed by atoms with Gasteiger partial charge < -0.3 is 11.1 Å². The Labute approximate surface area is 134 Å². The lowest BCUT2D eigenvalue weighted by molar-refractivity contribution is -0.118. The van der Waals surface area contributed by atoms with Crippen LogP contribution in [0.4, 0.5) is 5.95 Å². The molecule has 0 saturated carbocycles. The van der Waals surface area contributed by atoms with Crippen LogP contribution in [0.25, 0.3) is 0 Å². The predicted molar refractivity (Wildman–Crippen MR) is 88.8 cm³/mol. The van der Waals surface area contributed by atoms with Gasteiger partial charge in [-0.25, -0.2) is 5.10 Å². The number of carbonyl (C=O) groups excluding carboxylic acids is 1. The van der Waals surface area contributed by atoms with Crippen molar-refractivity contribution in [3.05, 3.63) is 35.4 Å².